The monoisotopic (exact) mass is 378 g/mol. The third-order valence-electron chi connectivity index (χ3n) is 3.76. The number of pyridine rings is 1. The highest BCUT2D eigenvalue weighted by atomic mass is 32.2. The second kappa shape index (κ2) is 9.00. The summed E-state index contributed by atoms with van der Waals surface area (Å²) in [7, 11) is 0. The Morgan fingerprint density at radius 2 is 1.96 bits per heavy atom. The lowest BCUT2D eigenvalue weighted by Crippen LogP contribution is -2.20. The van der Waals surface area contributed by atoms with Crippen molar-refractivity contribution in [1.29, 1.82) is 0 Å². The molecule has 0 fully saturated rings. The zero-order chi connectivity index (χ0) is 19.1. The molecule has 0 unspecified atom stereocenters. The van der Waals surface area contributed by atoms with Gasteiger partial charge in [-0.25, -0.2) is 4.79 Å². The van der Waals surface area contributed by atoms with Crippen LogP contribution in [-0.2, 0) is 14.3 Å². The fourth-order valence-corrected chi connectivity index (χ4v) is 2.96. The van der Waals surface area contributed by atoms with Gasteiger partial charge in [-0.2, -0.15) is 0 Å². The summed E-state index contributed by atoms with van der Waals surface area (Å²) in [5.74, 6) is -0.974. The Hall–Kier alpha value is -3.12. The summed E-state index contributed by atoms with van der Waals surface area (Å²) < 4.78 is 5.00. The molecule has 0 atom stereocenters. The highest BCUT2D eigenvalue weighted by molar-refractivity contribution is 7.98. The molecule has 0 saturated carbocycles. The standard InChI is InChI=1S/C21H18N2O3S/c1-27-18-9-3-8-17(13-18)23-19(24)14-26-20(25)11-10-16-6-2-5-15-7-4-12-22-21(15)16/h2-13H,14H2,1H3,(H,23,24)/b11-10+. The Labute approximate surface area is 161 Å². The molecule has 136 valence electrons. The summed E-state index contributed by atoms with van der Waals surface area (Å²) in [6.45, 7) is -0.347. The molecular weight excluding hydrogens is 360 g/mol. The van der Waals surface area contributed by atoms with Crippen molar-refractivity contribution in [1.82, 2.24) is 4.98 Å². The summed E-state index contributed by atoms with van der Waals surface area (Å²) >= 11 is 1.58. The van der Waals surface area contributed by atoms with Gasteiger partial charge in [-0.15, -0.1) is 11.8 Å². The number of fused-ring (bicyclic) bond motifs is 1. The van der Waals surface area contributed by atoms with Gasteiger partial charge in [0.25, 0.3) is 5.91 Å². The number of thioether (sulfide) groups is 1. The second-order valence-electron chi connectivity index (χ2n) is 5.64. The molecule has 6 heteroatoms. The number of hydrogen-bond acceptors (Lipinski definition) is 5. The molecule has 0 aliphatic heterocycles. The van der Waals surface area contributed by atoms with Crippen molar-refractivity contribution in [3.8, 4) is 0 Å². The maximum atomic E-state index is 11.9. The second-order valence-corrected chi connectivity index (χ2v) is 6.52. The molecule has 2 aromatic carbocycles. The SMILES string of the molecule is CSc1cccc(NC(=O)COC(=O)/C=C/c2cccc3cccnc23)c1. The molecule has 0 aliphatic carbocycles. The lowest BCUT2D eigenvalue weighted by Gasteiger charge is -2.06. The van der Waals surface area contributed by atoms with Gasteiger partial charge >= 0.3 is 5.97 Å². The number of carbonyl (C=O) groups excluding carboxylic acids is 2. The molecule has 0 radical (unpaired) electrons. The molecule has 1 N–H and O–H groups in total. The highest BCUT2D eigenvalue weighted by Crippen LogP contribution is 2.19. The van der Waals surface area contributed by atoms with E-state index in [9.17, 15) is 9.59 Å². The lowest BCUT2D eigenvalue weighted by atomic mass is 10.1. The zero-order valence-corrected chi connectivity index (χ0v) is 15.5. The van der Waals surface area contributed by atoms with Gasteiger partial charge < -0.3 is 10.1 Å². The van der Waals surface area contributed by atoms with E-state index in [1.54, 1.807) is 30.1 Å². The first-order valence-corrected chi connectivity index (χ1v) is 9.50. The van der Waals surface area contributed by atoms with E-state index >= 15 is 0 Å². The summed E-state index contributed by atoms with van der Waals surface area (Å²) in [6.07, 6.45) is 6.59. The number of amides is 1. The van der Waals surface area contributed by atoms with E-state index in [2.05, 4.69) is 10.3 Å². The predicted molar refractivity (Wildman–Crippen MR) is 109 cm³/mol. The Balaban J connectivity index is 1.56. The molecule has 3 aromatic rings. The topological polar surface area (TPSA) is 68.3 Å². The number of para-hydroxylation sites is 1. The van der Waals surface area contributed by atoms with Gasteiger partial charge in [0.1, 0.15) is 0 Å². The van der Waals surface area contributed by atoms with Gasteiger partial charge in [0.2, 0.25) is 0 Å². The number of benzene rings is 2. The van der Waals surface area contributed by atoms with Gasteiger partial charge in [0, 0.05) is 33.8 Å². The fraction of sp³-hybridized carbons (Fsp3) is 0.0952. The van der Waals surface area contributed by atoms with E-state index in [-0.39, 0.29) is 12.5 Å². The number of hydrogen-bond donors (Lipinski definition) is 1. The average Bonchev–Trinajstić information content (AvgIpc) is 2.70. The van der Waals surface area contributed by atoms with Crippen LogP contribution in [0.4, 0.5) is 5.69 Å². The van der Waals surface area contributed by atoms with Crippen molar-refractivity contribution in [3.05, 3.63) is 72.4 Å². The van der Waals surface area contributed by atoms with Crippen molar-refractivity contribution < 1.29 is 14.3 Å². The van der Waals surface area contributed by atoms with Crippen LogP contribution >= 0.6 is 11.8 Å². The number of carbonyl (C=O) groups is 2. The molecule has 1 aromatic heterocycles. The number of nitrogens with one attached hydrogen (secondary N) is 1. The Kier molecular flexibility index (Phi) is 6.22. The van der Waals surface area contributed by atoms with E-state index < -0.39 is 5.97 Å². The van der Waals surface area contributed by atoms with Crippen molar-refractivity contribution >= 4 is 46.3 Å². The normalized spacial score (nSPS) is 10.9. The minimum atomic E-state index is -0.587. The minimum absolute atomic E-state index is 0.347. The first kappa shape index (κ1) is 18.7. The van der Waals surface area contributed by atoms with Gasteiger partial charge in [-0.05, 0) is 36.6 Å². The predicted octanol–water partition coefficient (Wildman–Crippen LogP) is 4.15. The molecule has 1 amide bonds. The molecule has 3 rings (SSSR count). The largest absolute Gasteiger partial charge is 0.452 e. The number of nitrogens with zero attached hydrogens (tertiary/aromatic N) is 1. The van der Waals surface area contributed by atoms with Crippen LogP contribution in [0.2, 0.25) is 0 Å². The molecule has 5 nitrogen and oxygen atoms in total. The first-order chi connectivity index (χ1) is 13.2. The third-order valence-corrected chi connectivity index (χ3v) is 4.49. The maximum absolute atomic E-state index is 11.9. The smallest absolute Gasteiger partial charge is 0.331 e. The van der Waals surface area contributed by atoms with Crippen LogP contribution in [0.1, 0.15) is 5.56 Å². The first-order valence-electron chi connectivity index (χ1n) is 8.28. The van der Waals surface area contributed by atoms with E-state index in [1.807, 2.05) is 54.8 Å². The number of anilines is 1. The van der Waals surface area contributed by atoms with Crippen LogP contribution in [0.25, 0.3) is 17.0 Å². The van der Waals surface area contributed by atoms with Crippen LogP contribution < -0.4 is 5.32 Å². The van der Waals surface area contributed by atoms with Crippen molar-refractivity contribution in [2.45, 2.75) is 4.90 Å². The van der Waals surface area contributed by atoms with Crippen LogP contribution in [0, 0.1) is 0 Å². The Morgan fingerprint density at radius 3 is 2.81 bits per heavy atom. The van der Waals surface area contributed by atoms with Crippen LogP contribution in [-0.4, -0.2) is 29.7 Å². The number of rotatable bonds is 6. The number of aromatic nitrogens is 1. The maximum Gasteiger partial charge on any atom is 0.331 e. The Morgan fingerprint density at radius 1 is 1.15 bits per heavy atom. The molecule has 0 aliphatic rings. The highest BCUT2D eigenvalue weighted by Gasteiger charge is 2.06. The summed E-state index contributed by atoms with van der Waals surface area (Å²) in [5, 5.41) is 3.69. The van der Waals surface area contributed by atoms with Gasteiger partial charge in [-0.3, -0.25) is 9.78 Å². The summed E-state index contributed by atoms with van der Waals surface area (Å²) in [6, 6.07) is 17.0. The average molecular weight is 378 g/mol. The van der Waals surface area contributed by atoms with E-state index in [1.165, 1.54) is 6.08 Å². The fourth-order valence-electron chi connectivity index (χ4n) is 2.50. The minimum Gasteiger partial charge on any atom is -0.452 e. The molecule has 27 heavy (non-hydrogen) atoms. The van der Waals surface area contributed by atoms with E-state index in [0.717, 1.165) is 21.4 Å². The van der Waals surface area contributed by atoms with E-state index in [0.29, 0.717) is 5.69 Å². The van der Waals surface area contributed by atoms with Crippen LogP contribution in [0.5, 0.6) is 0 Å². The summed E-state index contributed by atoms with van der Waals surface area (Å²) in [5.41, 5.74) is 2.28. The zero-order valence-electron chi connectivity index (χ0n) is 14.7. The molecule has 0 spiro atoms. The quantitative estimate of drug-likeness (QED) is 0.396. The summed E-state index contributed by atoms with van der Waals surface area (Å²) in [4.78, 5) is 29.2. The van der Waals surface area contributed by atoms with Crippen molar-refractivity contribution in [3.63, 3.8) is 0 Å². The molecule has 0 bridgehead atoms. The van der Waals surface area contributed by atoms with Crippen LogP contribution in [0.15, 0.2) is 71.8 Å². The van der Waals surface area contributed by atoms with Gasteiger partial charge in [-0.1, -0.05) is 30.3 Å². The number of esters is 1. The van der Waals surface area contributed by atoms with E-state index in [4.69, 9.17) is 4.74 Å². The van der Waals surface area contributed by atoms with Crippen molar-refractivity contribution in [2.75, 3.05) is 18.2 Å². The third kappa shape index (κ3) is 5.18. The lowest BCUT2D eigenvalue weighted by molar-refractivity contribution is -0.142. The molecule has 0 saturated heterocycles. The molecular formula is C21H18N2O3S. The number of ether oxygens (including phenoxy) is 1. The van der Waals surface area contributed by atoms with Gasteiger partial charge in [0.05, 0.1) is 5.52 Å². The van der Waals surface area contributed by atoms with Gasteiger partial charge in [0.15, 0.2) is 6.61 Å². The Bertz CT molecular complexity index is 996. The molecule has 1 heterocycles. The van der Waals surface area contributed by atoms with Crippen LogP contribution in [0.3, 0.4) is 0 Å². The van der Waals surface area contributed by atoms with Crippen molar-refractivity contribution in [2.24, 2.45) is 0 Å².